The Hall–Kier alpha value is -3.34. The van der Waals surface area contributed by atoms with Gasteiger partial charge in [0, 0.05) is 36.9 Å². The predicted octanol–water partition coefficient (Wildman–Crippen LogP) is 3.68. The average Bonchev–Trinajstić information content (AvgIpc) is 3.20. The van der Waals surface area contributed by atoms with Crippen LogP contribution < -0.4 is 5.32 Å². The molecule has 124 valence electrons. The third-order valence-corrected chi connectivity index (χ3v) is 4.19. The van der Waals surface area contributed by atoms with E-state index in [4.69, 9.17) is 0 Å². The first kappa shape index (κ1) is 15.2. The summed E-state index contributed by atoms with van der Waals surface area (Å²) in [5, 5.41) is 7.94. The predicted molar refractivity (Wildman–Crippen MR) is 98.6 cm³/mol. The molecule has 0 aliphatic heterocycles. The Labute approximate surface area is 145 Å². The molecular formula is C20H18N4O. The Morgan fingerprint density at radius 2 is 1.80 bits per heavy atom. The molecule has 4 aromatic rings. The molecule has 0 radical (unpaired) electrons. The van der Waals surface area contributed by atoms with E-state index < -0.39 is 0 Å². The number of rotatable bonds is 4. The summed E-state index contributed by atoms with van der Waals surface area (Å²) < 4.78 is 3.77. The van der Waals surface area contributed by atoms with E-state index in [1.165, 1.54) is 5.56 Å². The molecule has 5 nitrogen and oxygen atoms in total. The van der Waals surface area contributed by atoms with E-state index in [0.29, 0.717) is 11.3 Å². The van der Waals surface area contributed by atoms with Crippen LogP contribution in [0.1, 0.15) is 15.9 Å². The van der Waals surface area contributed by atoms with Crippen LogP contribution in [0.2, 0.25) is 0 Å². The zero-order valence-corrected chi connectivity index (χ0v) is 13.9. The summed E-state index contributed by atoms with van der Waals surface area (Å²) in [7, 11) is 1.82. The molecule has 2 aromatic heterocycles. The highest BCUT2D eigenvalue weighted by atomic mass is 16.1. The molecular weight excluding hydrogens is 312 g/mol. The summed E-state index contributed by atoms with van der Waals surface area (Å²) in [6.07, 6.45) is 5.34. The minimum Gasteiger partial charge on any atom is -0.342 e. The first-order valence-electron chi connectivity index (χ1n) is 8.12. The highest BCUT2D eigenvalue weighted by Crippen LogP contribution is 2.23. The molecule has 0 saturated carbocycles. The van der Waals surface area contributed by atoms with Crippen molar-refractivity contribution in [3.05, 3.63) is 84.3 Å². The van der Waals surface area contributed by atoms with E-state index in [1.54, 1.807) is 17.1 Å². The van der Waals surface area contributed by atoms with Gasteiger partial charge in [-0.3, -0.25) is 9.48 Å². The van der Waals surface area contributed by atoms with Crippen molar-refractivity contribution >= 4 is 22.5 Å². The summed E-state index contributed by atoms with van der Waals surface area (Å²) >= 11 is 0. The molecule has 0 saturated heterocycles. The molecule has 2 aromatic carbocycles. The van der Waals surface area contributed by atoms with Crippen LogP contribution in [0.4, 0.5) is 5.69 Å². The van der Waals surface area contributed by atoms with Crippen LogP contribution in [0, 0.1) is 0 Å². The van der Waals surface area contributed by atoms with Gasteiger partial charge in [-0.05, 0) is 11.6 Å². The Bertz CT molecular complexity index is 1030. The first-order chi connectivity index (χ1) is 12.2. The van der Waals surface area contributed by atoms with Crippen molar-refractivity contribution in [2.24, 2.45) is 7.05 Å². The number of carbonyl (C=O) groups excluding carboxylic acids is 1. The lowest BCUT2D eigenvalue weighted by atomic mass is 10.1. The number of carbonyl (C=O) groups is 1. The molecule has 0 atom stereocenters. The number of amides is 1. The second-order valence-electron chi connectivity index (χ2n) is 6.03. The smallest absolute Gasteiger partial charge is 0.257 e. The van der Waals surface area contributed by atoms with E-state index in [-0.39, 0.29) is 5.91 Å². The number of aromatic nitrogens is 3. The van der Waals surface area contributed by atoms with Crippen LogP contribution in [0.3, 0.4) is 0 Å². The van der Waals surface area contributed by atoms with Crippen LogP contribution in [-0.2, 0) is 13.6 Å². The molecule has 0 bridgehead atoms. The summed E-state index contributed by atoms with van der Waals surface area (Å²) in [4.78, 5) is 12.7. The highest BCUT2D eigenvalue weighted by Gasteiger charge is 2.15. The van der Waals surface area contributed by atoms with Gasteiger partial charge in [-0.1, -0.05) is 48.5 Å². The molecule has 0 spiro atoms. The van der Waals surface area contributed by atoms with Crippen molar-refractivity contribution in [1.29, 1.82) is 0 Å². The minimum atomic E-state index is -0.129. The zero-order valence-electron chi connectivity index (χ0n) is 13.9. The molecule has 0 aliphatic rings. The fraction of sp³-hybridized carbons (Fsp3) is 0.100. The van der Waals surface area contributed by atoms with E-state index in [0.717, 1.165) is 17.4 Å². The normalized spacial score (nSPS) is 10.9. The molecule has 1 N–H and O–H groups in total. The lowest BCUT2D eigenvalue weighted by molar-refractivity contribution is 0.102. The van der Waals surface area contributed by atoms with Gasteiger partial charge in [0.25, 0.3) is 5.91 Å². The summed E-state index contributed by atoms with van der Waals surface area (Å²) in [5.41, 5.74) is 3.59. The lowest BCUT2D eigenvalue weighted by Crippen LogP contribution is -2.11. The Morgan fingerprint density at radius 3 is 2.56 bits per heavy atom. The van der Waals surface area contributed by atoms with Crippen molar-refractivity contribution in [3.63, 3.8) is 0 Å². The average molecular weight is 330 g/mol. The van der Waals surface area contributed by atoms with Gasteiger partial charge < -0.3 is 9.88 Å². The number of hydrogen-bond acceptors (Lipinski definition) is 2. The standard InChI is InChI=1S/C20H18N4O/c1-23-13-16(11-21-23)22-20(25)18-14-24(12-15-7-3-2-4-8-15)19-10-6-5-9-17(18)19/h2-11,13-14H,12H2,1H3,(H,22,25). The quantitative estimate of drug-likeness (QED) is 0.620. The zero-order chi connectivity index (χ0) is 17.2. The van der Waals surface area contributed by atoms with Gasteiger partial charge >= 0.3 is 0 Å². The number of nitrogens with zero attached hydrogens (tertiary/aromatic N) is 3. The Kier molecular flexibility index (Phi) is 3.82. The topological polar surface area (TPSA) is 51.9 Å². The summed E-state index contributed by atoms with van der Waals surface area (Å²) in [6.45, 7) is 0.724. The number of para-hydroxylation sites is 1. The van der Waals surface area contributed by atoms with Crippen LogP contribution >= 0.6 is 0 Å². The van der Waals surface area contributed by atoms with Crippen LogP contribution in [0.5, 0.6) is 0 Å². The van der Waals surface area contributed by atoms with Crippen LogP contribution in [-0.4, -0.2) is 20.3 Å². The Balaban J connectivity index is 1.70. The molecule has 5 heteroatoms. The summed E-state index contributed by atoms with van der Waals surface area (Å²) in [5.74, 6) is -0.129. The van der Waals surface area contributed by atoms with Crippen molar-refractivity contribution in [1.82, 2.24) is 14.3 Å². The molecule has 0 unspecified atom stereocenters. The van der Waals surface area contributed by atoms with E-state index >= 15 is 0 Å². The van der Waals surface area contributed by atoms with Gasteiger partial charge in [0.2, 0.25) is 0 Å². The molecule has 2 heterocycles. The number of aryl methyl sites for hydroxylation is 1. The SMILES string of the molecule is Cn1cc(NC(=O)c2cn(Cc3ccccc3)c3ccccc23)cn1. The second-order valence-corrected chi connectivity index (χ2v) is 6.03. The molecule has 0 fully saturated rings. The third kappa shape index (κ3) is 3.04. The fourth-order valence-corrected chi connectivity index (χ4v) is 3.02. The minimum absolute atomic E-state index is 0.129. The maximum Gasteiger partial charge on any atom is 0.257 e. The van der Waals surface area contributed by atoms with E-state index in [1.807, 2.05) is 55.7 Å². The Morgan fingerprint density at radius 1 is 1.04 bits per heavy atom. The van der Waals surface area contributed by atoms with Gasteiger partial charge in [0.05, 0.1) is 17.4 Å². The molecule has 0 aliphatic carbocycles. The number of hydrogen-bond donors (Lipinski definition) is 1. The number of benzene rings is 2. The summed E-state index contributed by atoms with van der Waals surface area (Å²) in [6, 6.07) is 18.2. The van der Waals surface area contributed by atoms with Gasteiger partial charge in [0.15, 0.2) is 0 Å². The van der Waals surface area contributed by atoms with Crippen LogP contribution in [0.25, 0.3) is 10.9 Å². The molecule has 4 rings (SSSR count). The molecule has 1 amide bonds. The van der Waals surface area contributed by atoms with E-state index in [2.05, 4.69) is 27.1 Å². The second kappa shape index (κ2) is 6.28. The number of anilines is 1. The lowest BCUT2D eigenvalue weighted by Gasteiger charge is -2.05. The van der Waals surface area contributed by atoms with E-state index in [9.17, 15) is 4.79 Å². The van der Waals surface area contributed by atoms with Crippen molar-refractivity contribution in [3.8, 4) is 0 Å². The van der Waals surface area contributed by atoms with Crippen molar-refractivity contribution in [2.75, 3.05) is 5.32 Å². The maximum atomic E-state index is 12.7. The van der Waals surface area contributed by atoms with Gasteiger partial charge in [-0.2, -0.15) is 5.10 Å². The largest absolute Gasteiger partial charge is 0.342 e. The van der Waals surface area contributed by atoms with Crippen molar-refractivity contribution in [2.45, 2.75) is 6.54 Å². The van der Waals surface area contributed by atoms with Crippen LogP contribution in [0.15, 0.2) is 73.2 Å². The van der Waals surface area contributed by atoms with Gasteiger partial charge in [-0.15, -0.1) is 0 Å². The number of nitrogens with one attached hydrogen (secondary N) is 1. The highest BCUT2D eigenvalue weighted by molar-refractivity contribution is 6.12. The fourth-order valence-electron chi connectivity index (χ4n) is 3.02. The number of fused-ring (bicyclic) bond motifs is 1. The molecule has 25 heavy (non-hydrogen) atoms. The van der Waals surface area contributed by atoms with Gasteiger partial charge in [-0.25, -0.2) is 0 Å². The monoisotopic (exact) mass is 330 g/mol. The maximum absolute atomic E-state index is 12.7. The van der Waals surface area contributed by atoms with Crippen molar-refractivity contribution < 1.29 is 4.79 Å². The van der Waals surface area contributed by atoms with Gasteiger partial charge in [0.1, 0.15) is 0 Å². The first-order valence-corrected chi connectivity index (χ1v) is 8.12. The third-order valence-electron chi connectivity index (χ3n) is 4.19.